The highest BCUT2D eigenvalue weighted by atomic mass is 32.2. The highest BCUT2D eigenvalue weighted by molar-refractivity contribution is 7.89. The molecule has 3 aromatic rings. The third-order valence-corrected chi connectivity index (χ3v) is 6.27. The average molecular weight is 429 g/mol. The maximum atomic E-state index is 13.0. The normalized spacial score (nSPS) is 11.5. The molecule has 2 aromatic carbocycles. The van der Waals surface area contributed by atoms with Crippen LogP contribution in [0.2, 0.25) is 0 Å². The van der Waals surface area contributed by atoms with Crippen molar-refractivity contribution in [3.63, 3.8) is 0 Å². The topological polar surface area (TPSA) is 93.5 Å². The molecule has 0 radical (unpaired) electrons. The van der Waals surface area contributed by atoms with Crippen molar-refractivity contribution in [1.29, 1.82) is 0 Å². The van der Waals surface area contributed by atoms with E-state index in [-0.39, 0.29) is 17.3 Å². The highest BCUT2D eigenvalue weighted by Crippen LogP contribution is 2.29. The van der Waals surface area contributed by atoms with E-state index in [1.807, 2.05) is 36.5 Å². The van der Waals surface area contributed by atoms with Crippen molar-refractivity contribution in [2.24, 2.45) is 0 Å². The van der Waals surface area contributed by atoms with Crippen molar-refractivity contribution in [3.05, 3.63) is 72.1 Å². The van der Waals surface area contributed by atoms with Crippen molar-refractivity contribution in [1.82, 2.24) is 14.1 Å². The SMILES string of the molecule is COc1ccc(S(=O)(=O)N(C)Cc2cnn(Cc3ccccc3)c2)cc1NC(C)=O. The lowest BCUT2D eigenvalue weighted by Crippen LogP contribution is -2.26. The van der Waals surface area contributed by atoms with Gasteiger partial charge in [-0.15, -0.1) is 0 Å². The number of sulfonamides is 1. The smallest absolute Gasteiger partial charge is 0.243 e. The van der Waals surface area contributed by atoms with Crippen LogP contribution in [0, 0.1) is 0 Å². The van der Waals surface area contributed by atoms with Gasteiger partial charge < -0.3 is 10.1 Å². The maximum Gasteiger partial charge on any atom is 0.243 e. The van der Waals surface area contributed by atoms with Crippen LogP contribution in [0.25, 0.3) is 0 Å². The number of carbonyl (C=O) groups excluding carboxylic acids is 1. The molecule has 9 heteroatoms. The van der Waals surface area contributed by atoms with Crippen molar-refractivity contribution < 1.29 is 17.9 Å². The molecule has 1 aromatic heterocycles. The maximum absolute atomic E-state index is 13.0. The van der Waals surface area contributed by atoms with E-state index in [0.29, 0.717) is 18.0 Å². The Bertz CT molecular complexity index is 1130. The predicted octanol–water partition coefficient (Wildman–Crippen LogP) is 2.72. The van der Waals surface area contributed by atoms with Gasteiger partial charge in [0.2, 0.25) is 15.9 Å². The molecule has 0 spiro atoms. The second-order valence-electron chi connectivity index (χ2n) is 6.84. The van der Waals surface area contributed by atoms with Gasteiger partial charge in [0, 0.05) is 32.3 Å². The molecule has 3 rings (SSSR count). The molecule has 158 valence electrons. The van der Waals surface area contributed by atoms with Gasteiger partial charge in [0.05, 0.1) is 30.4 Å². The summed E-state index contributed by atoms with van der Waals surface area (Å²) in [6.07, 6.45) is 3.49. The number of carbonyl (C=O) groups is 1. The number of ether oxygens (including phenoxy) is 1. The Morgan fingerprint density at radius 2 is 1.90 bits per heavy atom. The molecule has 0 fully saturated rings. The van der Waals surface area contributed by atoms with Crippen molar-refractivity contribution in [3.8, 4) is 5.75 Å². The molecule has 0 aliphatic heterocycles. The zero-order chi connectivity index (χ0) is 21.7. The third-order valence-electron chi connectivity index (χ3n) is 4.47. The number of hydrogen-bond donors (Lipinski definition) is 1. The van der Waals surface area contributed by atoms with Crippen LogP contribution in [-0.4, -0.2) is 42.6 Å². The molecule has 0 aliphatic carbocycles. The first kappa shape index (κ1) is 21.5. The first-order valence-electron chi connectivity index (χ1n) is 9.27. The predicted molar refractivity (Wildman–Crippen MR) is 114 cm³/mol. The number of nitrogens with one attached hydrogen (secondary N) is 1. The van der Waals surface area contributed by atoms with Gasteiger partial charge >= 0.3 is 0 Å². The number of nitrogens with zero attached hydrogens (tertiary/aromatic N) is 3. The first-order chi connectivity index (χ1) is 14.3. The Hall–Kier alpha value is -3.17. The second kappa shape index (κ2) is 9.10. The average Bonchev–Trinajstić information content (AvgIpc) is 3.15. The molecular weight excluding hydrogens is 404 g/mol. The van der Waals surface area contributed by atoms with Gasteiger partial charge in [0.1, 0.15) is 5.75 Å². The van der Waals surface area contributed by atoms with Crippen molar-refractivity contribution >= 4 is 21.6 Å². The Morgan fingerprint density at radius 3 is 2.57 bits per heavy atom. The number of amides is 1. The third kappa shape index (κ3) is 5.05. The van der Waals surface area contributed by atoms with Crippen LogP contribution in [0.4, 0.5) is 5.69 Å². The molecule has 0 atom stereocenters. The van der Waals surface area contributed by atoms with Crippen molar-refractivity contribution in [2.75, 3.05) is 19.5 Å². The van der Waals surface area contributed by atoms with Gasteiger partial charge in [0.25, 0.3) is 0 Å². The van der Waals surface area contributed by atoms with Crippen molar-refractivity contribution in [2.45, 2.75) is 24.9 Å². The van der Waals surface area contributed by atoms with Crippen LogP contribution < -0.4 is 10.1 Å². The Morgan fingerprint density at radius 1 is 1.17 bits per heavy atom. The Balaban J connectivity index is 1.76. The quantitative estimate of drug-likeness (QED) is 0.595. The van der Waals surface area contributed by atoms with Gasteiger partial charge in [0.15, 0.2) is 0 Å². The number of hydrogen-bond acceptors (Lipinski definition) is 5. The van der Waals surface area contributed by atoms with Crippen LogP contribution in [0.3, 0.4) is 0 Å². The summed E-state index contributed by atoms with van der Waals surface area (Å²) in [5.41, 5.74) is 2.18. The number of benzene rings is 2. The number of methoxy groups -OCH3 is 1. The summed E-state index contributed by atoms with van der Waals surface area (Å²) in [6.45, 7) is 2.12. The molecular formula is C21H24N4O4S. The molecule has 0 bridgehead atoms. The first-order valence-corrected chi connectivity index (χ1v) is 10.7. The lowest BCUT2D eigenvalue weighted by molar-refractivity contribution is -0.114. The summed E-state index contributed by atoms with van der Waals surface area (Å²) in [7, 11) is -0.822. The van der Waals surface area contributed by atoms with E-state index in [2.05, 4.69) is 10.4 Å². The monoisotopic (exact) mass is 428 g/mol. The lowest BCUT2D eigenvalue weighted by Gasteiger charge is -2.18. The van der Waals surface area contributed by atoms with E-state index >= 15 is 0 Å². The Kier molecular flexibility index (Phi) is 6.53. The lowest BCUT2D eigenvalue weighted by atomic mass is 10.2. The number of rotatable bonds is 8. The van der Waals surface area contributed by atoms with E-state index in [4.69, 9.17) is 4.74 Å². The number of anilines is 1. The minimum atomic E-state index is -3.78. The zero-order valence-electron chi connectivity index (χ0n) is 17.1. The van der Waals surface area contributed by atoms with Crippen LogP contribution in [0.1, 0.15) is 18.1 Å². The van der Waals surface area contributed by atoms with Crippen LogP contribution in [0.5, 0.6) is 5.75 Å². The highest BCUT2D eigenvalue weighted by Gasteiger charge is 2.23. The van der Waals surface area contributed by atoms with Gasteiger partial charge in [-0.1, -0.05) is 30.3 Å². The van der Waals surface area contributed by atoms with E-state index in [0.717, 1.165) is 11.1 Å². The van der Waals surface area contributed by atoms with Gasteiger partial charge in [-0.2, -0.15) is 9.40 Å². The Labute approximate surface area is 176 Å². The largest absolute Gasteiger partial charge is 0.495 e. The molecule has 30 heavy (non-hydrogen) atoms. The molecule has 0 aliphatic rings. The molecule has 0 saturated carbocycles. The molecule has 1 N–H and O–H groups in total. The minimum Gasteiger partial charge on any atom is -0.495 e. The van der Waals surface area contributed by atoms with Gasteiger partial charge in [-0.3, -0.25) is 9.48 Å². The molecule has 0 unspecified atom stereocenters. The summed E-state index contributed by atoms with van der Waals surface area (Å²) < 4.78 is 34.2. The van der Waals surface area contributed by atoms with E-state index in [1.54, 1.807) is 10.9 Å². The summed E-state index contributed by atoms with van der Waals surface area (Å²) in [5.74, 6) is 0.0658. The van der Waals surface area contributed by atoms with Gasteiger partial charge in [-0.05, 0) is 23.8 Å². The van der Waals surface area contributed by atoms with Gasteiger partial charge in [-0.25, -0.2) is 8.42 Å². The molecule has 1 heterocycles. The zero-order valence-corrected chi connectivity index (χ0v) is 17.9. The fourth-order valence-electron chi connectivity index (χ4n) is 3.00. The molecule has 0 saturated heterocycles. The van der Waals surface area contributed by atoms with E-state index in [9.17, 15) is 13.2 Å². The van der Waals surface area contributed by atoms with Crippen LogP contribution in [0.15, 0.2) is 65.8 Å². The number of aromatic nitrogens is 2. The summed E-state index contributed by atoms with van der Waals surface area (Å²) >= 11 is 0. The molecule has 8 nitrogen and oxygen atoms in total. The molecule has 1 amide bonds. The standard InChI is InChI=1S/C21H24N4O4S/c1-16(26)23-20-11-19(9-10-21(20)29-3)30(27,28)24(2)13-18-12-22-25(15-18)14-17-7-5-4-6-8-17/h4-12,15H,13-14H2,1-3H3,(H,23,26). The summed E-state index contributed by atoms with van der Waals surface area (Å²) in [6, 6.07) is 14.3. The van der Waals surface area contributed by atoms with Crippen LogP contribution in [-0.2, 0) is 27.9 Å². The summed E-state index contributed by atoms with van der Waals surface area (Å²) in [4.78, 5) is 11.5. The second-order valence-corrected chi connectivity index (χ2v) is 8.88. The fourth-order valence-corrected chi connectivity index (χ4v) is 4.19. The summed E-state index contributed by atoms with van der Waals surface area (Å²) in [5, 5.41) is 6.91. The van der Waals surface area contributed by atoms with E-state index in [1.165, 1.54) is 43.6 Å². The minimum absolute atomic E-state index is 0.0613. The fraction of sp³-hybridized carbons (Fsp3) is 0.238. The van der Waals surface area contributed by atoms with E-state index < -0.39 is 10.0 Å². The van der Waals surface area contributed by atoms with Crippen LogP contribution >= 0.6 is 0 Å².